The van der Waals surface area contributed by atoms with Gasteiger partial charge in [0.2, 0.25) is 0 Å². The Bertz CT molecular complexity index is 341. The van der Waals surface area contributed by atoms with E-state index in [9.17, 15) is 4.79 Å². The van der Waals surface area contributed by atoms with E-state index in [1.54, 1.807) is 0 Å². The van der Waals surface area contributed by atoms with Gasteiger partial charge in [-0.2, -0.15) is 0 Å². The molecule has 1 aromatic rings. The molecule has 0 spiro atoms. The highest BCUT2D eigenvalue weighted by molar-refractivity contribution is 5.96. The smallest absolute Gasteiger partial charge is 0.157 e. The topological polar surface area (TPSA) is 43.1 Å². The molecular weight excluding hydrogens is 186 g/mol. The normalized spacial score (nSPS) is 11.4. The molecule has 0 unspecified atom stereocenters. The van der Waals surface area contributed by atoms with Crippen molar-refractivity contribution < 1.29 is 4.79 Å². The lowest BCUT2D eigenvalue weighted by molar-refractivity contribution is -0.114. The lowest BCUT2D eigenvalue weighted by Crippen LogP contribution is -2.01. The Kier molecular flexibility index (Phi) is 4.61. The average Bonchev–Trinajstić information content (AvgIpc) is 2.27. The van der Waals surface area contributed by atoms with E-state index in [4.69, 9.17) is 5.73 Å². The van der Waals surface area contributed by atoms with Crippen molar-refractivity contribution in [3.63, 3.8) is 0 Å². The SMILES string of the molecule is CCCCC(=O)/C=C(\N)c1ccccc1. The molecule has 0 aliphatic heterocycles. The third-order valence-corrected chi connectivity index (χ3v) is 2.20. The summed E-state index contributed by atoms with van der Waals surface area (Å²) in [6.07, 6.45) is 4.08. The van der Waals surface area contributed by atoms with Gasteiger partial charge in [0, 0.05) is 18.2 Å². The zero-order chi connectivity index (χ0) is 11.1. The molecule has 0 amide bonds. The van der Waals surface area contributed by atoms with Gasteiger partial charge in [-0.25, -0.2) is 0 Å². The molecule has 0 fully saturated rings. The molecule has 0 aromatic heterocycles. The molecule has 0 radical (unpaired) electrons. The summed E-state index contributed by atoms with van der Waals surface area (Å²) in [7, 11) is 0. The Morgan fingerprint density at radius 3 is 2.60 bits per heavy atom. The Hall–Kier alpha value is -1.57. The predicted octanol–water partition coefficient (Wildman–Crippen LogP) is 2.75. The van der Waals surface area contributed by atoms with Crippen molar-refractivity contribution in [3.8, 4) is 0 Å². The number of hydrogen-bond acceptors (Lipinski definition) is 2. The van der Waals surface area contributed by atoms with Gasteiger partial charge < -0.3 is 5.73 Å². The highest BCUT2D eigenvalue weighted by Crippen LogP contribution is 2.08. The fourth-order valence-electron chi connectivity index (χ4n) is 1.31. The molecule has 0 bridgehead atoms. The summed E-state index contributed by atoms with van der Waals surface area (Å²) >= 11 is 0. The maximum absolute atomic E-state index is 11.4. The van der Waals surface area contributed by atoms with Gasteiger partial charge in [-0.1, -0.05) is 43.7 Å². The largest absolute Gasteiger partial charge is 0.398 e. The van der Waals surface area contributed by atoms with Crippen LogP contribution in [0.4, 0.5) is 0 Å². The van der Waals surface area contributed by atoms with Gasteiger partial charge in [-0.3, -0.25) is 4.79 Å². The molecule has 2 N–H and O–H groups in total. The first-order valence-corrected chi connectivity index (χ1v) is 5.29. The molecule has 0 saturated carbocycles. The van der Waals surface area contributed by atoms with Crippen LogP contribution in [0.1, 0.15) is 31.7 Å². The van der Waals surface area contributed by atoms with Gasteiger partial charge >= 0.3 is 0 Å². The van der Waals surface area contributed by atoms with Crippen LogP contribution in [0.25, 0.3) is 5.70 Å². The fraction of sp³-hybridized carbons (Fsp3) is 0.308. The fourth-order valence-corrected chi connectivity index (χ4v) is 1.31. The summed E-state index contributed by atoms with van der Waals surface area (Å²) in [5.74, 6) is 0.109. The summed E-state index contributed by atoms with van der Waals surface area (Å²) in [5, 5.41) is 0. The van der Waals surface area contributed by atoms with Crippen molar-refractivity contribution in [3.05, 3.63) is 42.0 Å². The number of benzene rings is 1. The lowest BCUT2D eigenvalue weighted by atomic mass is 10.1. The maximum Gasteiger partial charge on any atom is 0.157 e. The van der Waals surface area contributed by atoms with Gasteiger partial charge in [0.05, 0.1) is 0 Å². The Morgan fingerprint density at radius 2 is 2.00 bits per heavy atom. The molecule has 15 heavy (non-hydrogen) atoms. The van der Waals surface area contributed by atoms with Gasteiger partial charge in [-0.05, 0) is 12.0 Å². The van der Waals surface area contributed by atoms with Gasteiger partial charge in [-0.15, -0.1) is 0 Å². The molecule has 0 aliphatic rings. The van der Waals surface area contributed by atoms with Crippen LogP contribution in [0.2, 0.25) is 0 Å². The van der Waals surface area contributed by atoms with Crippen molar-refractivity contribution in [2.45, 2.75) is 26.2 Å². The minimum Gasteiger partial charge on any atom is -0.398 e. The van der Waals surface area contributed by atoms with E-state index in [1.807, 2.05) is 30.3 Å². The van der Waals surface area contributed by atoms with Gasteiger partial charge in [0.15, 0.2) is 5.78 Å². The summed E-state index contributed by atoms with van der Waals surface area (Å²) < 4.78 is 0. The van der Waals surface area contributed by atoms with E-state index in [0.29, 0.717) is 12.1 Å². The Labute approximate surface area is 90.8 Å². The quantitative estimate of drug-likeness (QED) is 0.748. The molecule has 2 heteroatoms. The van der Waals surface area contributed by atoms with E-state index >= 15 is 0 Å². The molecule has 1 rings (SSSR count). The maximum atomic E-state index is 11.4. The molecule has 0 aliphatic carbocycles. The second-order valence-corrected chi connectivity index (χ2v) is 3.54. The number of ketones is 1. The van der Waals surface area contributed by atoms with E-state index in [0.717, 1.165) is 18.4 Å². The monoisotopic (exact) mass is 203 g/mol. The van der Waals surface area contributed by atoms with Crippen LogP contribution < -0.4 is 5.73 Å². The van der Waals surface area contributed by atoms with Crippen LogP contribution in [-0.4, -0.2) is 5.78 Å². The number of carbonyl (C=O) groups excluding carboxylic acids is 1. The predicted molar refractivity (Wildman–Crippen MR) is 63.1 cm³/mol. The first kappa shape index (κ1) is 11.5. The minimum atomic E-state index is 0.109. The third-order valence-electron chi connectivity index (χ3n) is 2.20. The molecule has 0 atom stereocenters. The second kappa shape index (κ2) is 6.02. The van der Waals surface area contributed by atoms with E-state index in [2.05, 4.69) is 6.92 Å². The number of allylic oxidation sites excluding steroid dienone is 1. The zero-order valence-corrected chi connectivity index (χ0v) is 9.07. The standard InChI is InChI=1S/C13H17NO/c1-2-3-9-12(15)10-13(14)11-7-5-4-6-8-11/h4-8,10H,2-3,9,14H2,1H3/b13-10-. The van der Waals surface area contributed by atoms with Crippen LogP contribution in [0, 0.1) is 0 Å². The van der Waals surface area contributed by atoms with Crippen molar-refractivity contribution in [2.24, 2.45) is 5.73 Å². The number of carbonyl (C=O) groups is 1. The van der Waals surface area contributed by atoms with Crippen molar-refractivity contribution >= 4 is 11.5 Å². The first-order chi connectivity index (χ1) is 7.24. The third kappa shape index (κ3) is 3.98. The van der Waals surface area contributed by atoms with Crippen molar-refractivity contribution in [1.82, 2.24) is 0 Å². The lowest BCUT2D eigenvalue weighted by Gasteiger charge is -2.00. The molecule has 0 heterocycles. The summed E-state index contributed by atoms with van der Waals surface area (Å²) in [6.45, 7) is 2.07. The summed E-state index contributed by atoms with van der Waals surface area (Å²) in [4.78, 5) is 11.4. The van der Waals surface area contributed by atoms with E-state index < -0.39 is 0 Å². The summed E-state index contributed by atoms with van der Waals surface area (Å²) in [5.41, 5.74) is 7.27. The van der Waals surface area contributed by atoms with Gasteiger partial charge in [0.1, 0.15) is 0 Å². The van der Waals surface area contributed by atoms with Crippen LogP contribution in [-0.2, 0) is 4.79 Å². The second-order valence-electron chi connectivity index (χ2n) is 3.54. The molecule has 1 aromatic carbocycles. The number of rotatable bonds is 5. The summed E-state index contributed by atoms with van der Waals surface area (Å²) in [6, 6.07) is 9.55. The molecular formula is C13H17NO. The van der Waals surface area contributed by atoms with Crippen LogP contribution in [0.15, 0.2) is 36.4 Å². The minimum absolute atomic E-state index is 0.109. The highest BCUT2D eigenvalue weighted by atomic mass is 16.1. The number of unbranched alkanes of at least 4 members (excludes halogenated alkanes) is 1. The molecule has 2 nitrogen and oxygen atoms in total. The number of nitrogens with two attached hydrogens (primary N) is 1. The zero-order valence-electron chi connectivity index (χ0n) is 9.07. The highest BCUT2D eigenvalue weighted by Gasteiger charge is 2.00. The first-order valence-electron chi connectivity index (χ1n) is 5.29. The van der Waals surface area contributed by atoms with Crippen molar-refractivity contribution in [1.29, 1.82) is 0 Å². The molecule has 80 valence electrons. The van der Waals surface area contributed by atoms with Crippen LogP contribution in [0.5, 0.6) is 0 Å². The molecule has 0 saturated heterocycles. The van der Waals surface area contributed by atoms with Gasteiger partial charge in [0.25, 0.3) is 0 Å². The average molecular weight is 203 g/mol. The van der Waals surface area contributed by atoms with Crippen LogP contribution >= 0.6 is 0 Å². The van der Waals surface area contributed by atoms with E-state index in [1.165, 1.54) is 6.08 Å². The van der Waals surface area contributed by atoms with E-state index in [-0.39, 0.29) is 5.78 Å². The van der Waals surface area contributed by atoms with Crippen LogP contribution in [0.3, 0.4) is 0 Å². The Balaban J connectivity index is 2.64. The Morgan fingerprint density at radius 1 is 1.33 bits per heavy atom. The number of hydrogen-bond donors (Lipinski definition) is 1. The van der Waals surface area contributed by atoms with Crippen molar-refractivity contribution in [2.75, 3.05) is 0 Å².